The average molecular weight is 304 g/mol. The fourth-order valence-electron chi connectivity index (χ4n) is 3.08. The van der Waals surface area contributed by atoms with Crippen molar-refractivity contribution in [1.29, 1.82) is 0 Å². The molecule has 0 heterocycles. The first-order chi connectivity index (χ1) is 10.7. The zero-order valence-corrected chi connectivity index (χ0v) is 13.3. The Balaban J connectivity index is 1.71. The first-order valence-electron chi connectivity index (χ1n) is 8.27. The second-order valence-electron chi connectivity index (χ2n) is 6.09. The lowest BCUT2D eigenvalue weighted by Crippen LogP contribution is -2.25. The number of rotatable bonds is 6. The number of carbonyl (C=O) groups excluding carboxylic acids is 1. The Bertz CT molecular complexity index is 485. The molecular weight excluding hydrogens is 279 g/mol. The monoisotopic (exact) mass is 304 g/mol. The van der Waals surface area contributed by atoms with Crippen molar-refractivity contribution in [2.24, 2.45) is 11.8 Å². The lowest BCUT2D eigenvalue weighted by atomic mass is 9.80. The van der Waals surface area contributed by atoms with E-state index < -0.39 is 0 Å². The van der Waals surface area contributed by atoms with Gasteiger partial charge in [-0.1, -0.05) is 18.6 Å². The lowest BCUT2D eigenvalue weighted by Gasteiger charge is -2.27. The smallest absolute Gasteiger partial charge is 0.314 e. The second-order valence-corrected chi connectivity index (χ2v) is 6.09. The summed E-state index contributed by atoms with van der Waals surface area (Å²) in [6.07, 6.45) is 12.0. The van der Waals surface area contributed by atoms with E-state index in [1.807, 2.05) is 0 Å². The molecule has 0 aromatic heterocycles. The van der Waals surface area contributed by atoms with Crippen LogP contribution in [0.2, 0.25) is 0 Å². The van der Waals surface area contributed by atoms with Crippen molar-refractivity contribution in [3.05, 3.63) is 42.2 Å². The van der Waals surface area contributed by atoms with Crippen molar-refractivity contribution in [2.75, 3.05) is 0 Å². The highest BCUT2D eigenvalue weighted by molar-refractivity contribution is 5.75. The fraction of sp³-hybridized carbons (Fsp3) is 0.526. The lowest BCUT2D eigenvalue weighted by molar-refractivity contribution is -0.140. The average Bonchev–Trinajstić information content (AvgIpc) is 2.54. The summed E-state index contributed by atoms with van der Waals surface area (Å²) < 4.78 is 18.2. The first kappa shape index (κ1) is 16.7. The third-order valence-electron chi connectivity index (χ3n) is 4.43. The zero-order valence-electron chi connectivity index (χ0n) is 13.3. The van der Waals surface area contributed by atoms with Gasteiger partial charge >= 0.3 is 5.97 Å². The predicted octanol–water partition coefficient (Wildman–Crippen LogP) is 5.28. The van der Waals surface area contributed by atoms with Crippen molar-refractivity contribution in [1.82, 2.24) is 0 Å². The minimum atomic E-state index is -0.321. The zero-order chi connectivity index (χ0) is 15.8. The number of benzene rings is 1. The molecular formula is C19H25FO2. The molecule has 2 nitrogen and oxygen atoms in total. The SMILES string of the molecule is C/C=C\CCC[C@H]1CC[C@H](C(=O)Oc2ccc(F)cc2)CC1. The van der Waals surface area contributed by atoms with E-state index in [0.29, 0.717) is 5.75 Å². The summed E-state index contributed by atoms with van der Waals surface area (Å²) in [6.45, 7) is 2.05. The van der Waals surface area contributed by atoms with Gasteiger partial charge in [0, 0.05) is 0 Å². The van der Waals surface area contributed by atoms with Crippen molar-refractivity contribution in [3.8, 4) is 5.75 Å². The van der Waals surface area contributed by atoms with Gasteiger partial charge < -0.3 is 4.74 Å². The Kier molecular flexibility index (Phi) is 6.63. The van der Waals surface area contributed by atoms with E-state index in [9.17, 15) is 9.18 Å². The molecule has 0 N–H and O–H groups in total. The van der Waals surface area contributed by atoms with Gasteiger partial charge in [-0.25, -0.2) is 4.39 Å². The van der Waals surface area contributed by atoms with E-state index in [2.05, 4.69) is 19.1 Å². The van der Waals surface area contributed by atoms with Gasteiger partial charge in [0.15, 0.2) is 0 Å². The molecule has 1 aliphatic rings. The van der Waals surface area contributed by atoms with Crippen LogP contribution in [-0.2, 0) is 4.79 Å². The molecule has 1 aromatic carbocycles. The predicted molar refractivity (Wildman–Crippen MR) is 86.1 cm³/mol. The van der Waals surface area contributed by atoms with Crippen LogP contribution in [0.15, 0.2) is 36.4 Å². The van der Waals surface area contributed by atoms with Gasteiger partial charge in [0.05, 0.1) is 5.92 Å². The van der Waals surface area contributed by atoms with Gasteiger partial charge in [-0.2, -0.15) is 0 Å². The van der Waals surface area contributed by atoms with E-state index in [-0.39, 0.29) is 17.7 Å². The highest BCUT2D eigenvalue weighted by atomic mass is 19.1. The van der Waals surface area contributed by atoms with Gasteiger partial charge in [-0.3, -0.25) is 4.79 Å². The first-order valence-corrected chi connectivity index (χ1v) is 8.27. The Morgan fingerprint density at radius 3 is 2.55 bits per heavy atom. The van der Waals surface area contributed by atoms with Crippen molar-refractivity contribution in [2.45, 2.75) is 51.9 Å². The van der Waals surface area contributed by atoms with Crippen LogP contribution in [0.25, 0.3) is 0 Å². The Morgan fingerprint density at radius 2 is 1.91 bits per heavy atom. The van der Waals surface area contributed by atoms with Crippen LogP contribution in [0.4, 0.5) is 4.39 Å². The number of unbranched alkanes of at least 4 members (excludes halogenated alkanes) is 1. The molecule has 0 saturated heterocycles. The molecule has 0 amide bonds. The van der Waals surface area contributed by atoms with E-state index in [1.54, 1.807) is 0 Å². The maximum Gasteiger partial charge on any atom is 0.314 e. The molecule has 1 aromatic rings. The quantitative estimate of drug-likeness (QED) is 0.309. The summed E-state index contributed by atoms with van der Waals surface area (Å²) in [7, 11) is 0. The van der Waals surface area contributed by atoms with Gasteiger partial charge in [0.2, 0.25) is 0 Å². The molecule has 0 radical (unpaired) electrons. The minimum absolute atomic E-state index is 0.00293. The number of allylic oxidation sites excluding steroid dienone is 2. The number of halogens is 1. The highest BCUT2D eigenvalue weighted by Crippen LogP contribution is 2.32. The molecule has 1 fully saturated rings. The van der Waals surface area contributed by atoms with Crippen molar-refractivity contribution >= 4 is 5.97 Å². The Morgan fingerprint density at radius 1 is 1.23 bits per heavy atom. The number of hydrogen-bond donors (Lipinski definition) is 0. The highest BCUT2D eigenvalue weighted by Gasteiger charge is 2.27. The molecule has 0 aliphatic heterocycles. The van der Waals surface area contributed by atoms with Gasteiger partial charge in [-0.05, 0) is 75.6 Å². The van der Waals surface area contributed by atoms with Gasteiger partial charge in [0.25, 0.3) is 0 Å². The van der Waals surface area contributed by atoms with Gasteiger partial charge in [0.1, 0.15) is 11.6 Å². The molecule has 1 aliphatic carbocycles. The number of esters is 1. The van der Waals surface area contributed by atoms with Crippen LogP contribution < -0.4 is 4.74 Å². The summed E-state index contributed by atoms with van der Waals surface area (Å²) in [6, 6.07) is 5.62. The summed E-state index contributed by atoms with van der Waals surface area (Å²) in [5.74, 6) is 0.689. The van der Waals surface area contributed by atoms with Crippen LogP contribution in [-0.4, -0.2) is 5.97 Å². The van der Waals surface area contributed by atoms with Gasteiger partial charge in [-0.15, -0.1) is 0 Å². The van der Waals surface area contributed by atoms with Crippen LogP contribution in [0, 0.1) is 17.7 Å². The standard InChI is InChI=1S/C19H25FO2/c1-2-3-4-5-6-15-7-9-16(10-8-15)19(21)22-18-13-11-17(20)12-14-18/h2-3,11-16H,4-10H2,1H3/b3-2-/t15-,16-. The molecule has 2 rings (SSSR count). The Hall–Kier alpha value is -1.64. The summed E-state index contributed by atoms with van der Waals surface area (Å²) in [4.78, 5) is 12.1. The minimum Gasteiger partial charge on any atom is -0.426 e. The molecule has 22 heavy (non-hydrogen) atoms. The molecule has 3 heteroatoms. The maximum atomic E-state index is 12.8. The third-order valence-corrected chi connectivity index (χ3v) is 4.43. The normalized spacial score (nSPS) is 21.9. The molecule has 0 unspecified atom stereocenters. The van der Waals surface area contributed by atoms with Crippen LogP contribution in [0.3, 0.4) is 0 Å². The van der Waals surface area contributed by atoms with E-state index in [0.717, 1.165) is 38.0 Å². The van der Waals surface area contributed by atoms with E-state index >= 15 is 0 Å². The molecule has 1 saturated carbocycles. The fourth-order valence-corrected chi connectivity index (χ4v) is 3.08. The topological polar surface area (TPSA) is 26.3 Å². The maximum absolute atomic E-state index is 12.8. The summed E-state index contributed by atoms with van der Waals surface area (Å²) in [5.41, 5.74) is 0. The second kappa shape index (κ2) is 8.72. The molecule has 120 valence electrons. The van der Waals surface area contributed by atoms with Crippen LogP contribution in [0.1, 0.15) is 51.9 Å². The van der Waals surface area contributed by atoms with Crippen molar-refractivity contribution in [3.63, 3.8) is 0 Å². The van der Waals surface area contributed by atoms with Crippen LogP contribution >= 0.6 is 0 Å². The molecule has 0 spiro atoms. The molecule has 0 bridgehead atoms. The van der Waals surface area contributed by atoms with Crippen LogP contribution in [0.5, 0.6) is 5.75 Å². The summed E-state index contributed by atoms with van der Waals surface area (Å²) in [5, 5.41) is 0. The van der Waals surface area contributed by atoms with Crippen molar-refractivity contribution < 1.29 is 13.9 Å². The third kappa shape index (κ3) is 5.28. The largest absolute Gasteiger partial charge is 0.426 e. The Labute approximate surface area is 132 Å². The van der Waals surface area contributed by atoms with E-state index in [4.69, 9.17) is 4.74 Å². The summed E-state index contributed by atoms with van der Waals surface area (Å²) >= 11 is 0. The number of hydrogen-bond acceptors (Lipinski definition) is 2. The number of carbonyl (C=O) groups is 1. The van der Waals surface area contributed by atoms with E-state index in [1.165, 1.54) is 37.1 Å². The molecule has 0 atom stereocenters. The number of ether oxygens (including phenoxy) is 1.